The van der Waals surface area contributed by atoms with Gasteiger partial charge in [-0.1, -0.05) is 111 Å². The van der Waals surface area contributed by atoms with E-state index in [1.165, 1.54) is 0 Å². The minimum atomic E-state index is -4.00. The Kier molecular flexibility index (Phi) is 14.9. The standard InChI is InChI=1S/C34H78O13Si9/c1-27(2)19-49-35-48(17,18)36-50(20-28(3)4)39-53(23-31(9)10)41-51(37-49,21-29(5)6)43-55(25-33(13)14)44-52(38-49,22-30(7)8)42-54(40-50,24-32(11)12)46-56(45-53,47-55)26-34(15)16/h27-34H,19-26H2,1-18H3. The van der Waals surface area contributed by atoms with Crippen LogP contribution in [0.2, 0.25) is 61.4 Å². The van der Waals surface area contributed by atoms with Gasteiger partial charge in [0, 0.05) is 48.4 Å². The van der Waals surface area contributed by atoms with Crippen molar-refractivity contribution in [3.05, 3.63) is 0 Å². The Morgan fingerprint density at radius 3 is 0.429 bits per heavy atom. The molecule has 6 aliphatic heterocycles. The van der Waals surface area contributed by atoms with E-state index < -0.39 is 79.0 Å². The highest BCUT2D eigenvalue weighted by Gasteiger charge is 2.82. The molecular weight excluding hydrogens is 869 g/mol. The summed E-state index contributed by atoms with van der Waals surface area (Å²) >= 11 is 0. The van der Waals surface area contributed by atoms with Crippen LogP contribution in [0.15, 0.2) is 0 Å². The average molecular weight is 948 g/mol. The summed E-state index contributed by atoms with van der Waals surface area (Å²) in [6.07, 6.45) is 0. The van der Waals surface area contributed by atoms with Gasteiger partial charge in [-0.15, -0.1) is 0 Å². The molecule has 6 fully saturated rings. The van der Waals surface area contributed by atoms with Crippen LogP contribution in [-0.4, -0.2) is 79.0 Å². The van der Waals surface area contributed by atoms with Crippen LogP contribution in [-0.2, 0) is 53.5 Å². The van der Waals surface area contributed by atoms with Gasteiger partial charge >= 0.3 is 79.0 Å². The van der Waals surface area contributed by atoms with E-state index in [1.807, 2.05) is 0 Å². The van der Waals surface area contributed by atoms with Crippen molar-refractivity contribution in [1.82, 2.24) is 0 Å². The van der Waals surface area contributed by atoms with Crippen molar-refractivity contribution < 1.29 is 53.5 Å². The zero-order valence-electron chi connectivity index (χ0n) is 38.1. The van der Waals surface area contributed by atoms with Crippen LogP contribution in [0.25, 0.3) is 0 Å². The smallest absolute Gasteiger partial charge is 0.394 e. The molecule has 13 nitrogen and oxygen atoms in total. The average Bonchev–Trinajstić information content (AvgIpc) is 2.84. The van der Waals surface area contributed by atoms with Crippen molar-refractivity contribution >= 4 is 79.0 Å². The molecule has 0 aromatic rings. The molecule has 22 heteroatoms. The first-order valence-electron chi connectivity index (χ1n) is 21.6. The maximum absolute atomic E-state index is 7.88. The summed E-state index contributed by atoms with van der Waals surface area (Å²) in [6.45, 7) is 39.0. The molecule has 0 aliphatic carbocycles. The SMILES string of the molecule is CC(C)C[Si]12O[Si](C)(C)O[Si]3(CC(C)C)O[Si]4(CC(C)C)O[Si](CC(C)C)(O1)O[Si]1(CC(C)C)O[Si](CC(C)C)(O2)O[Si](CC(C)C)(O3)O[Si](CC(C)C)(O4)O1. The zero-order chi connectivity index (χ0) is 42.0. The van der Waals surface area contributed by atoms with Gasteiger partial charge in [0.15, 0.2) is 0 Å². The van der Waals surface area contributed by atoms with E-state index in [1.54, 1.807) is 0 Å². The molecule has 328 valence electrons. The van der Waals surface area contributed by atoms with E-state index >= 15 is 0 Å². The molecular formula is C34H78O13Si9. The van der Waals surface area contributed by atoms with Crippen molar-refractivity contribution in [2.45, 2.75) is 172 Å². The first-order chi connectivity index (χ1) is 25.5. The third-order valence-corrected chi connectivity index (χ3v) is 53.8. The molecule has 4 unspecified atom stereocenters. The Balaban J connectivity index is 2.05. The molecule has 8 bridgehead atoms. The fraction of sp³-hybridized carbons (Fsp3) is 1.00. The van der Waals surface area contributed by atoms with Gasteiger partial charge in [-0.2, -0.15) is 0 Å². The second-order valence-corrected chi connectivity index (χ2v) is 48.6. The van der Waals surface area contributed by atoms with Gasteiger partial charge in [0.2, 0.25) is 0 Å². The van der Waals surface area contributed by atoms with Gasteiger partial charge in [0.25, 0.3) is 0 Å². The zero-order valence-corrected chi connectivity index (χ0v) is 47.1. The number of fused-ring (bicyclic) bond motifs is 2. The molecule has 56 heavy (non-hydrogen) atoms. The van der Waals surface area contributed by atoms with Crippen molar-refractivity contribution in [1.29, 1.82) is 0 Å². The lowest BCUT2D eigenvalue weighted by Crippen LogP contribution is -2.87. The van der Waals surface area contributed by atoms with Crippen molar-refractivity contribution in [2.24, 2.45) is 47.3 Å². The van der Waals surface area contributed by atoms with Crippen molar-refractivity contribution in [3.63, 3.8) is 0 Å². The van der Waals surface area contributed by atoms with Crippen LogP contribution in [0, 0.1) is 47.3 Å². The van der Waals surface area contributed by atoms with Crippen molar-refractivity contribution in [2.75, 3.05) is 0 Å². The minimum Gasteiger partial charge on any atom is -0.394 e. The molecule has 0 N–H and O–H groups in total. The second-order valence-electron chi connectivity index (χ2n) is 21.0. The van der Waals surface area contributed by atoms with Crippen LogP contribution in [0.4, 0.5) is 0 Å². The maximum Gasteiger partial charge on any atom is 0.479 e. The van der Waals surface area contributed by atoms with E-state index in [-0.39, 0.29) is 47.3 Å². The highest BCUT2D eigenvalue weighted by atomic mass is 28.6. The summed E-state index contributed by atoms with van der Waals surface area (Å²) in [5, 5.41) is 0. The summed E-state index contributed by atoms with van der Waals surface area (Å²) < 4.78 is 102. The normalized spacial score (nSPS) is 41.2. The van der Waals surface area contributed by atoms with E-state index in [4.69, 9.17) is 53.5 Å². The fourth-order valence-electron chi connectivity index (χ4n) is 8.88. The topological polar surface area (TPSA) is 120 Å². The Morgan fingerprint density at radius 1 is 0.214 bits per heavy atom. The lowest BCUT2D eigenvalue weighted by Gasteiger charge is -2.63. The van der Waals surface area contributed by atoms with Crippen LogP contribution in [0.5, 0.6) is 0 Å². The molecule has 6 saturated heterocycles. The van der Waals surface area contributed by atoms with E-state index in [2.05, 4.69) is 124 Å². The Bertz CT molecular complexity index is 1210. The molecule has 0 radical (unpaired) electrons. The molecule has 0 aromatic heterocycles. The summed E-state index contributed by atoms with van der Waals surface area (Å²) in [5.74, 6) is 0.927. The second kappa shape index (κ2) is 17.2. The first-order valence-corrected chi connectivity index (χ1v) is 39.9. The van der Waals surface area contributed by atoms with Gasteiger partial charge in [0.1, 0.15) is 0 Å². The molecule has 4 atom stereocenters. The molecule has 0 amide bonds. The molecule has 6 rings (SSSR count). The molecule has 0 aromatic carbocycles. The summed E-state index contributed by atoms with van der Waals surface area (Å²) in [6, 6.07) is 3.85. The Morgan fingerprint density at radius 2 is 0.321 bits per heavy atom. The Hall–Kier alpha value is 1.43. The quantitative estimate of drug-likeness (QED) is 0.137. The van der Waals surface area contributed by atoms with Gasteiger partial charge in [-0.25, -0.2) is 0 Å². The van der Waals surface area contributed by atoms with E-state index in [0.717, 1.165) is 0 Å². The van der Waals surface area contributed by atoms with Crippen molar-refractivity contribution in [3.8, 4) is 0 Å². The largest absolute Gasteiger partial charge is 0.479 e. The number of hydrogen-bond donors (Lipinski definition) is 0. The molecule has 0 spiro atoms. The lowest BCUT2D eigenvalue weighted by molar-refractivity contribution is -0.0197. The number of hydrogen-bond acceptors (Lipinski definition) is 13. The third-order valence-electron chi connectivity index (χ3n) is 9.49. The van der Waals surface area contributed by atoms with E-state index in [9.17, 15) is 0 Å². The fourth-order valence-corrected chi connectivity index (χ4v) is 65.3. The van der Waals surface area contributed by atoms with E-state index in [0.29, 0.717) is 48.4 Å². The summed E-state index contributed by atoms with van der Waals surface area (Å²) in [5.41, 5.74) is 0. The highest BCUT2D eigenvalue weighted by molar-refractivity contribution is 7.03. The monoisotopic (exact) mass is 946 g/mol. The predicted molar refractivity (Wildman–Crippen MR) is 235 cm³/mol. The maximum atomic E-state index is 7.88. The van der Waals surface area contributed by atoms with Gasteiger partial charge < -0.3 is 53.5 Å². The van der Waals surface area contributed by atoms with Crippen LogP contribution < -0.4 is 0 Å². The minimum absolute atomic E-state index is 0.107. The lowest BCUT2D eigenvalue weighted by atomic mass is 10.3. The highest BCUT2D eigenvalue weighted by Crippen LogP contribution is 2.55. The summed E-state index contributed by atoms with van der Waals surface area (Å²) in [7, 11) is -35.0. The first kappa shape index (κ1) is 48.5. The van der Waals surface area contributed by atoms with Gasteiger partial charge in [0.05, 0.1) is 0 Å². The van der Waals surface area contributed by atoms with Gasteiger partial charge in [-0.3, -0.25) is 0 Å². The molecule has 6 aliphatic rings. The van der Waals surface area contributed by atoms with Gasteiger partial charge in [-0.05, 0) is 60.4 Å². The number of rotatable bonds is 16. The predicted octanol–water partition coefficient (Wildman–Crippen LogP) is 9.73. The third kappa shape index (κ3) is 11.5. The Labute approximate surface area is 350 Å². The van der Waals surface area contributed by atoms with Crippen LogP contribution in [0.3, 0.4) is 0 Å². The van der Waals surface area contributed by atoms with Crippen LogP contribution in [0.1, 0.15) is 111 Å². The molecule has 0 saturated carbocycles. The summed E-state index contributed by atoms with van der Waals surface area (Å²) in [4.78, 5) is 0. The van der Waals surface area contributed by atoms with Crippen LogP contribution >= 0.6 is 0 Å². The molecule has 6 heterocycles.